The third-order valence-electron chi connectivity index (χ3n) is 8.16. The number of carbonyl (C=O) groups is 3. The predicted molar refractivity (Wildman–Crippen MR) is 170 cm³/mol. The van der Waals surface area contributed by atoms with Crippen LogP contribution in [0.25, 0.3) is 0 Å². The standard InChI is InChI=1S/C31H42BrN3O7Si/c1-40-29(36)24(17-21-9-10-28(25(32)18-21)42-20-41-15-16-43(2,3)4)27-19-23(12-14-35(27)31(38)39)34-13-11-22-7-5-6-8-26(22)33-30(34)37/h5-10,18,23-24,27H,11-17,19-20H2,1-4H3,(H,33,37)(H,38,39)/t23?,24?,27-/m1/s1. The number of benzene rings is 2. The molecule has 4 rings (SSSR count). The average molecular weight is 677 g/mol. The van der Waals surface area contributed by atoms with Crippen LogP contribution in [0.2, 0.25) is 25.7 Å². The van der Waals surface area contributed by atoms with Gasteiger partial charge in [0.05, 0.1) is 23.5 Å². The van der Waals surface area contributed by atoms with Crippen LogP contribution in [-0.2, 0) is 27.1 Å². The Hall–Kier alpha value is -3.09. The molecule has 2 aliphatic heterocycles. The molecule has 2 aromatic rings. The number of nitrogens with zero attached hydrogens (tertiary/aromatic N) is 2. The molecule has 0 saturated carbocycles. The maximum Gasteiger partial charge on any atom is 0.407 e. The Morgan fingerprint density at radius 2 is 1.93 bits per heavy atom. The van der Waals surface area contributed by atoms with E-state index in [4.69, 9.17) is 14.2 Å². The van der Waals surface area contributed by atoms with Crippen molar-refractivity contribution in [1.82, 2.24) is 9.80 Å². The number of hydrogen-bond donors (Lipinski definition) is 2. The van der Waals surface area contributed by atoms with Gasteiger partial charge in [0.1, 0.15) is 5.75 Å². The van der Waals surface area contributed by atoms with Crippen LogP contribution in [0.3, 0.4) is 0 Å². The first-order valence-corrected chi connectivity index (χ1v) is 19.2. The molecule has 2 unspecified atom stereocenters. The summed E-state index contributed by atoms with van der Waals surface area (Å²) >= 11 is 3.57. The lowest BCUT2D eigenvalue weighted by Gasteiger charge is -2.44. The molecule has 12 heteroatoms. The zero-order valence-corrected chi connectivity index (χ0v) is 27.9. The number of anilines is 1. The Morgan fingerprint density at radius 3 is 2.63 bits per heavy atom. The van der Waals surface area contributed by atoms with Gasteiger partial charge in [-0.05, 0) is 77.0 Å². The van der Waals surface area contributed by atoms with Crippen molar-refractivity contribution in [3.05, 3.63) is 58.1 Å². The highest BCUT2D eigenvalue weighted by Gasteiger charge is 2.43. The molecule has 1 saturated heterocycles. The molecular formula is C31H42BrN3O7Si. The SMILES string of the molecule is COC(=O)C(Cc1ccc(OCOCC[Si](C)(C)C)c(Br)c1)[C@H]1CC(N2CCc3ccccc3NC2=O)CCN1C(=O)O. The minimum absolute atomic E-state index is 0.138. The number of fused-ring (bicyclic) bond motifs is 1. The number of piperidine rings is 1. The number of carboxylic acid groups (broad SMARTS) is 1. The summed E-state index contributed by atoms with van der Waals surface area (Å²) in [6.45, 7) is 8.39. The summed E-state index contributed by atoms with van der Waals surface area (Å²) in [5, 5.41) is 13.1. The molecule has 3 amide bonds. The second-order valence-electron chi connectivity index (χ2n) is 12.3. The number of hydrogen-bond acceptors (Lipinski definition) is 6. The molecule has 2 aliphatic rings. The number of rotatable bonds is 11. The molecule has 0 aliphatic carbocycles. The minimum atomic E-state index is -1.18. The maximum absolute atomic E-state index is 13.2. The summed E-state index contributed by atoms with van der Waals surface area (Å²) in [6.07, 6.45) is 0.664. The molecule has 2 heterocycles. The number of halogens is 1. The molecule has 234 valence electrons. The molecule has 3 atom stereocenters. The largest absolute Gasteiger partial charge is 0.469 e. The molecule has 43 heavy (non-hydrogen) atoms. The number of amides is 3. The maximum atomic E-state index is 13.2. The second kappa shape index (κ2) is 14.6. The van der Waals surface area contributed by atoms with Gasteiger partial charge in [0.15, 0.2) is 6.79 Å². The Morgan fingerprint density at radius 1 is 1.16 bits per heavy atom. The van der Waals surface area contributed by atoms with E-state index in [-0.39, 0.29) is 31.8 Å². The predicted octanol–water partition coefficient (Wildman–Crippen LogP) is 6.07. The van der Waals surface area contributed by atoms with Gasteiger partial charge in [0, 0.05) is 39.5 Å². The van der Waals surface area contributed by atoms with Crippen molar-refractivity contribution in [2.45, 2.75) is 63.5 Å². The summed E-state index contributed by atoms with van der Waals surface area (Å²) in [5.41, 5.74) is 2.67. The molecule has 0 aromatic heterocycles. The number of urea groups is 1. The van der Waals surface area contributed by atoms with Crippen LogP contribution in [0.1, 0.15) is 24.0 Å². The Bertz CT molecular complexity index is 1300. The fraction of sp³-hybridized carbons (Fsp3) is 0.516. The molecule has 1 fully saturated rings. The number of nitrogens with one attached hydrogen (secondary N) is 1. The molecule has 2 aromatic carbocycles. The summed E-state index contributed by atoms with van der Waals surface area (Å²) in [5.74, 6) is -0.638. The van der Waals surface area contributed by atoms with Gasteiger partial charge in [0.25, 0.3) is 0 Å². The van der Waals surface area contributed by atoms with Gasteiger partial charge in [-0.3, -0.25) is 4.79 Å². The second-order valence-corrected chi connectivity index (χ2v) is 18.8. The lowest BCUT2D eigenvalue weighted by Crippen LogP contribution is -2.57. The summed E-state index contributed by atoms with van der Waals surface area (Å²) < 4.78 is 17.3. The quantitative estimate of drug-likeness (QED) is 0.128. The lowest BCUT2D eigenvalue weighted by molar-refractivity contribution is -0.148. The van der Waals surface area contributed by atoms with Crippen molar-refractivity contribution >= 4 is 47.8 Å². The number of methoxy groups -OCH3 is 1. The number of ether oxygens (including phenoxy) is 3. The van der Waals surface area contributed by atoms with Crippen molar-refractivity contribution in [2.24, 2.45) is 5.92 Å². The van der Waals surface area contributed by atoms with Crippen molar-refractivity contribution in [3.8, 4) is 5.75 Å². The topological polar surface area (TPSA) is 118 Å². The van der Waals surface area contributed by atoms with Crippen molar-refractivity contribution in [3.63, 3.8) is 0 Å². The molecule has 0 radical (unpaired) electrons. The van der Waals surface area contributed by atoms with E-state index in [1.54, 1.807) is 4.90 Å². The fourth-order valence-electron chi connectivity index (χ4n) is 5.73. The van der Waals surface area contributed by atoms with Crippen molar-refractivity contribution in [2.75, 3.05) is 38.9 Å². The first kappa shape index (κ1) is 32.8. The summed E-state index contributed by atoms with van der Waals surface area (Å²) in [4.78, 5) is 41.9. The Labute approximate surface area is 262 Å². The highest BCUT2D eigenvalue weighted by Crippen LogP contribution is 2.33. The zero-order valence-electron chi connectivity index (χ0n) is 25.3. The van der Waals surface area contributed by atoms with Gasteiger partial charge < -0.3 is 34.4 Å². The van der Waals surface area contributed by atoms with Crippen molar-refractivity contribution < 1.29 is 33.7 Å². The highest BCUT2D eigenvalue weighted by atomic mass is 79.9. The third-order valence-corrected chi connectivity index (χ3v) is 10.5. The van der Waals surface area contributed by atoms with E-state index in [9.17, 15) is 19.5 Å². The zero-order chi connectivity index (χ0) is 31.1. The van der Waals surface area contributed by atoms with Crippen LogP contribution in [-0.4, -0.2) is 86.8 Å². The molecule has 10 nitrogen and oxygen atoms in total. The van der Waals surface area contributed by atoms with Crippen LogP contribution in [0.5, 0.6) is 5.75 Å². The lowest BCUT2D eigenvalue weighted by atomic mass is 9.83. The van der Waals surface area contributed by atoms with E-state index in [0.29, 0.717) is 42.6 Å². The number of esters is 1. The van der Waals surface area contributed by atoms with Crippen LogP contribution >= 0.6 is 15.9 Å². The summed E-state index contributed by atoms with van der Waals surface area (Å²) in [6, 6.07) is 13.2. The fourth-order valence-corrected chi connectivity index (χ4v) is 7.03. The number of carbonyl (C=O) groups excluding carboxylic acids is 2. The van der Waals surface area contributed by atoms with Gasteiger partial charge in [-0.2, -0.15) is 0 Å². The van der Waals surface area contributed by atoms with Crippen LogP contribution in [0.15, 0.2) is 46.9 Å². The van der Waals surface area contributed by atoms with Gasteiger partial charge in [-0.25, -0.2) is 9.59 Å². The molecule has 0 spiro atoms. The number of para-hydroxylation sites is 1. The van der Waals surface area contributed by atoms with E-state index in [1.807, 2.05) is 42.5 Å². The van der Waals surface area contributed by atoms with E-state index in [2.05, 4.69) is 40.9 Å². The number of likely N-dealkylation sites (tertiary alicyclic amines) is 1. The molecular weight excluding hydrogens is 634 g/mol. The van der Waals surface area contributed by atoms with E-state index in [0.717, 1.165) is 22.9 Å². The molecule has 2 N–H and O–H groups in total. The molecule has 0 bridgehead atoms. The smallest absolute Gasteiger partial charge is 0.407 e. The van der Waals surface area contributed by atoms with Gasteiger partial charge in [-0.15, -0.1) is 0 Å². The monoisotopic (exact) mass is 675 g/mol. The van der Waals surface area contributed by atoms with Gasteiger partial charge in [0.2, 0.25) is 0 Å². The highest BCUT2D eigenvalue weighted by molar-refractivity contribution is 9.10. The van der Waals surface area contributed by atoms with E-state index >= 15 is 0 Å². The van der Waals surface area contributed by atoms with Gasteiger partial charge >= 0.3 is 18.1 Å². The normalized spacial score (nSPS) is 19.6. The van der Waals surface area contributed by atoms with Crippen LogP contribution in [0, 0.1) is 5.92 Å². The average Bonchev–Trinajstić information content (AvgIpc) is 3.13. The van der Waals surface area contributed by atoms with E-state index < -0.39 is 32.1 Å². The Kier molecular flexibility index (Phi) is 11.1. The Balaban J connectivity index is 1.47. The first-order chi connectivity index (χ1) is 20.5. The minimum Gasteiger partial charge on any atom is -0.469 e. The van der Waals surface area contributed by atoms with Gasteiger partial charge in [-0.1, -0.05) is 43.9 Å². The first-order valence-electron chi connectivity index (χ1n) is 14.7. The third kappa shape index (κ3) is 8.73. The van der Waals surface area contributed by atoms with E-state index in [1.165, 1.54) is 12.0 Å². The van der Waals surface area contributed by atoms with Crippen LogP contribution < -0.4 is 10.1 Å². The summed E-state index contributed by atoms with van der Waals surface area (Å²) in [7, 11) is 0.131. The van der Waals surface area contributed by atoms with Crippen LogP contribution in [0.4, 0.5) is 15.3 Å². The van der Waals surface area contributed by atoms with Crippen molar-refractivity contribution in [1.29, 1.82) is 0 Å².